The molecule has 0 saturated heterocycles. The third kappa shape index (κ3) is 5.44. The van der Waals surface area contributed by atoms with E-state index < -0.39 is 6.61 Å². The third-order valence-corrected chi connectivity index (χ3v) is 4.18. The highest BCUT2D eigenvalue weighted by atomic mass is 19.3. The first-order chi connectivity index (χ1) is 13.9. The van der Waals surface area contributed by atoms with Gasteiger partial charge in [-0.1, -0.05) is 24.3 Å². The van der Waals surface area contributed by atoms with E-state index in [0.717, 1.165) is 5.56 Å². The molecule has 0 unspecified atom stereocenters. The lowest BCUT2D eigenvalue weighted by atomic mass is 10.0. The Bertz CT molecular complexity index is 973. The highest BCUT2D eigenvalue weighted by Crippen LogP contribution is 2.34. The number of ether oxygens (including phenoxy) is 2. The van der Waals surface area contributed by atoms with Crippen LogP contribution in [0.15, 0.2) is 66.7 Å². The average Bonchev–Trinajstić information content (AvgIpc) is 2.70. The first kappa shape index (κ1) is 20.1. The molecule has 0 heterocycles. The van der Waals surface area contributed by atoms with E-state index in [4.69, 9.17) is 4.74 Å². The zero-order valence-corrected chi connectivity index (χ0v) is 15.6. The minimum atomic E-state index is -2.97. The molecule has 0 bridgehead atoms. The molecule has 0 radical (unpaired) electrons. The number of carbonyl (C=O) groups is 1. The van der Waals surface area contributed by atoms with Gasteiger partial charge in [0.1, 0.15) is 17.2 Å². The second kappa shape index (κ2) is 9.05. The molecule has 7 heteroatoms. The molecule has 3 aromatic rings. The lowest BCUT2D eigenvalue weighted by Crippen LogP contribution is -2.14. The summed E-state index contributed by atoms with van der Waals surface area (Å²) in [4.78, 5) is 12.3. The Kier molecular flexibility index (Phi) is 6.29. The molecule has 150 valence electrons. The van der Waals surface area contributed by atoms with Crippen molar-refractivity contribution in [1.82, 2.24) is 0 Å². The van der Waals surface area contributed by atoms with Crippen LogP contribution in [-0.4, -0.2) is 24.7 Å². The van der Waals surface area contributed by atoms with Crippen molar-refractivity contribution in [3.05, 3.63) is 72.3 Å². The number of aromatic hydroxyl groups is 1. The summed E-state index contributed by atoms with van der Waals surface area (Å²) < 4.78 is 35.3. The number of halogens is 2. The van der Waals surface area contributed by atoms with Gasteiger partial charge in [-0.3, -0.25) is 4.79 Å². The summed E-state index contributed by atoms with van der Waals surface area (Å²) in [6, 6.07) is 17.6. The Morgan fingerprint density at radius 2 is 1.72 bits per heavy atom. The predicted molar refractivity (Wildman–Crippen MR) is 106 cm³/mol. The highest BCUT2D eigenvalue weighted by molar-refractivity contribution is 5.93. The van der Waals surface area contributed by atoms with E-state index in [9.17, 15) is 18.7 Å². The molecule has 0 aromatic heterocycles. The van der Waals surface area contributed by atoms with Crippen LogP contribution >= 0.6 is 0 Å². The van der Waals surface area contributed by atoms with Gasteiger partial charge in [-0.05, 0) is 53.6 Å². The van der Waals surface area contributed by atoms with Crippen LogP contribution in [0.25, 0.3) is 11.1 Å². The molecule has 0 fully saturated rings. The fourth-order valence-corrected chi connectivity index (χ4v) is 2.81. The molecule has 1 amide bonds. The van der Waals surface area contributed by atoms with Crippen molar-refractivity contribution >= 4 is 11.6 Å². The predicted octanol–water partition coefficient (Wildman–Crippen LogP) is 4.85. The summed E-state index contributed by atoms with van der Waals surface area (Å²) >= 11 is 0. The number of anilines is 1. The Labute approximate surface area is 166 Å². The molecule has 0 spiro atoms. The van der Waals surface area contributed by atoms with Crippen molar-refractivity contribution in [3.8, 4) is 28.4 Å². The van der Waals surface area contributed by atoms with Gasteiger partial charge in [0.05, 0.1) is 13.5 Å². The van der Waals surface area contributed by atoms with Gasteiger partial charge < -0.3 is 19.9 Å². The molecule has 0 atom stereocenters. The highest BCUT2D eigenvalue weighted by Gasteiger charge is 2.14. The summed E-state index contributed by atoms with van der Waals surface area (Å²) in [5.41, 5.74) is 2.22. The number of phenols is 1. The van der Waals surface area contributed by atoms with Crippen LogP contribution in [0.1, 0.15) is 5.56 Å². The molecule has 5 nitrogen and oxygen atoms in total. The van der Waals surface area contributed by atoms with E-state index in [1.807, 2.05) is 0 Å². The summed E-state index contributed by atoms with van der Waals surface area (Å²) in [7, 11) is 1.53. The monoisotopic (exact) mass is 399 g/mol. The van der Waals surface area contributed by atoms with Crippen LogP contribution in [0.5, 0.6) is 17.2 Å². The van der Waals surface area contributed by atoms with E-state index in [1.54, 1.807) is 42.5 Å². The van der Waals surface area contributed by atoms with Gasteiger partial charge in [0.2, 0.25) is 5.91 Å². The lowest BCUT2D eigenvalue weighted by molar-refractivity contribution is -0.115. The molecule has 29 heavy (non-hydrogen) atoms. The van der Waals surface area contributed by atoms with Gasteiger partial charge >= 0.3 is 6.61 Å². The Hall–Kier alpha value is -3.61. The number of benzene rings is 3. The van der Waals surface area contributed by atoms with Gasteiger partial charge in [0.15, 0.2) is 0 Å². The maximum atomic E-state index is 12.8. The molecule has 2 N–H and O–H groups in total. The van der Waals surface area contributed by atoms with Crippen LogP contribution in [0, 0.1) is 0 Å². The second-order valence-electron chi connectivity index (χ2n) is 6.21. The molecule has 3 aromatic carbocycles. The summed E-state index contributed by atoms with van der Waals surface area (Å²) in [6.45, 7) is -2.97. The summed E-state index contributed by atoms with van der Waals surface area (Å²) in [5.74, 6) is 0.469. The fourth-order valence-electron chi connectivity index (χ4n) is 2.81. The number of alkyl halides is 2. The van der Waals surface area contributed by atoms with Crippen molar-refractivity contribution in [1.29, 1.82) is 0 Å². The number of carbonyl (C=O) groups excluding carboxylic acids is 1. The molecule has 0 saturated carbocycles. The quantitative estimate of drug-likeness (QED) is 0.596. The van der Waals surface area contributed by atoms with Crippen LogP contribution in [0.3, 0.4) is 0 Å². The number of amides is 1. The molecular formula is C22H19F2NO4. The number of methoxy groups -OCH3 is 1. The first-order valence-corrected chi connectivity index (χ1v) is 8.75. The maximum Gasteiger partial charge on any atom is 0.387 e. The van der Waals surface area contributed by atoms with Gasteiger partial charge in [0, 0.05) is 11.3 Å². The average molecular weight is 399 g/mol. The Morgan fingerprint density at radius 1 is 1.03 bits per heavy atom. The summed E-state index contributed by atoms with van der Waals surface area (Å²) in [6.07, 6.45) is 0.105. The maximum absolute atomic E-state index is 12.8. The number of phenolic OH excluding ortho intramolecular Hbond substituents is 1. The number of hydrogen-bond donors (Lipinski definition) is 2. The van der Waals surface area contributed by atoms with Crippen molar-refractivity contribution in [2.75, 3.05) is 12.4 Å². The van der Waals surface area contributed by atoms with Crippen molar-refractivity contribution < 1.29 is 28.2 Å². The van der Waals surface area contributed by atoms with E-state index >= 15 is 0 Å². The SMILES string of the molecule is COc1ccc(-c2cc(NC(=O)Cc3ccc(O)cc3)ccc2OC(F)F)cc1. The molecular weight excluding hydrogens is 380 g/mol. The number of rotatable bonds is 7. The smallest absolute Gasteiger partial charge is 0.387 e. The van der Waals surface area contributed by atoms with Crippen LogP contribution < -0.4 is 14.8 Å². The second-order valence-corrected chi connectivity index (χ2v) is 6.21. The topological polar surface area (TPSA) is 67.8 Å². The minimum absolute atomic E-state index is 0.00157. The normalized spacial score (nSPS) is 10.6. The number of nitrogens with one attached hydrogen (secondary N) is 1. The largest absolute Gasteiger partial charge is 0.508 e. The van der Waals surface area contributed by atoms with Gasteiger partial charge in [-0.2, -0.15) is 8.78 Å². The van der Waals surface area contributed by atoms with E-state index in [1.165, 1.54) is 31.4 Å². The van der Waals surface area contributed by atoms with Gasteiger partial charge in [-0.15, -0.1) is 0 Å². The lowest BCUT2D eigenvalue weighted by Gasteiger charge is -2.14. The summed E-state index contributed by atoms with van der Waals surface area (Å²) in [5, 5.41) is 12.1. The van der Waals surface area contributed by atoms with Crippen LogP contribution in [0.2, 0.25) is 0 Å². The van der Waals surface area contributed by atoms with E-state index in [2.05, 4.69) is 10.1 Å². The first-order valence-electron chi connectivity index (χ1n) is 8.75. The van der Waals surface area contributed by atoms with Crippen molar-refractivity contribution in [2.45, 2.75) is 13.0 Å². The third-order valence-electron chi connectivity index (χ3n) is 4.18. The Morgan fingerprint density at radius 3 is 2.34 bits per heavy atom. The molecule has 3 rings (SSSR count). The minimum Gasteiger partial charge on any atom is -0.508 e. The Balaban J connectivity index is 1.83. The van der Waals surface area contributed by atoms with Crippen molar-refractivity contribution in [2.24, 2.45) is 0 Å². The number of hydrogen-bond acceptors (Lipinski definition) is 4. The molecule has 0 aliphatic rings. The van der Waals surface area contributed by atoms with Gasteiger partial charge in [-0.25, -0.2) is 0 Å². The molecule has 0 aliphatic heterocycles. The van der Waals surface area contributed by atoms with Crippen molar-refractivity contribution in [3.63, 3.8) is 0 Å². The fraction of sp³-hybridized carbons (Fsp3) is 0.136. The zero-order valence-electron chi connectivity index (χ0n) is 15.6. The van der Waals surface area contributed by atoms with E-state index in [-0.39, 0.29) is 23.8 Å². The zero-order chi connectivity index (χ0) is 20.8. The van der Waals surface area contributed by atoms with Gasteiger partial charge in [0.25, 0.3) is 0 Å². The molecule has 0 aliphatic carbocycles. The standard InChI is InChI=1S/C22H19F2NO4/c1-28-18-9-4-15(5-10-18)19-13-16(6-11-20(19)29-22(23)24)25-21(27)12-14-2-7-17(26)8-3-14/h2-11,13,22,26H,12H2,1H3,(H,25,27). The van der Waals surface area contributed by atoms with E-state index in [0.29, 0.717) is 22.6 Å². The van der Waals surface area contributed by atoms with Crippen LogP contribution in [-0.2, 0) is 11.2 Å². The van der Waals surface area contributed by atoms with Crippen LogP contribution in [0.4, 0.5) is 14.5 Å².